The number of aromatic hydroxyl groups is 2. The number of aliphatic hydroxyl groups is 2. The summed E-state index contributed by atoms with van der Waals surface area (Å²) in [5.74, 6) is -1.62. The number of phenolic OH excluding ortho intramolecular Hbond substituents is 2. The van der Waals surface area contributed by atoms with E-state index in [0.29, 0.717) is 43.2 Å². The Bertz CT molecular complexity index is 1180. The molecule has 2 radical (unpaired) electrons. The van der Waals surface area contributed by atoms with Crippen molar-refractivity contribution < 1.29 is 34.8 Å². The molecule has 2 aromatic carbocycles. The molecule has 184 valence electrons. The molecule has 4 N–H and O–H groups in total. The van der Waals surface area contributed by atoms with Crippen molar-refractivity contribution in [3.63, 3.8) is 0 Å². The Morgan fingerprint density at radius 2 is 1.66 bits per heavy atom. The van der Waals surface area contributed by atoms with Gasteiger partial charge in [-0.15, -0.1) is 0 Å². The van der Waals surface area contributed by atoms with E-state index in [1.165, 1.54) is 0 Å². The summed E-state index contributed by atoms with van der Waals surface area (Å²) in [6.07, 6.45) is 1.66. The van der Waals surface area contributed by atoms with Gasteiger partial charge in [0.2, 0.25) is 0 Å². The van der Waals surface area contributed by atoms with Crippen molar-refractivity contribution in [2.45, 2.75) is 68.0 Å². The molecule has 0 spiro atoms. The summed E-state index contributed by atoms with van der Waals surface area (Å²) < 4.78 is 6.07. The fourth-order valence-electron chi connectivity index (χ4n) is 6.17. The molecular formula is C27H29AsO7. The van der Waals surface area contributed by atoms with Crippen LogP contribution in [0.3, 0.4) is 0 Å². The van der Waals surface area contributed by atoms with Crippen LogP contribution in [0.1, 0.15) is 81.5 Å². The molecule has 1 heterocycles. The monoisotopic (exact) mass is 540 g/mol. The van der Waals surface area contributed by atoms with Crippen molar-refractivity contribution in [1.82, 2.24) is 0 Å². The van der Waals surface area contributed by atoms with Crippen LogP contribution < -0.4 is 0 Å². The third-order valence-corrected chi connectivity index (χ3v) is 8.93. The number of rotatable bonds is 4. The van der Waals surface area contributed by atoms with Crippen LogP contribution in [0.2, 0.25) is 4.71 Å². The third-order valence-electron chi connectivity index (χ3n) is 7.85. The van der Waals surface area contributed by atoms with Gasteiger partial charge < -0.3 is 0 Å². The van der Waals surface area contributed by atoms with Gasteiger partial charge in [0.05, 0.1) is 0 Å². The van der Waals surface area contributed by atoms with Gasteiger partial charge in [0.25, 0.3) is 0 Å². The van der Waals surface area contributed by atoms with E-state index in [0.717, 1.165) is 0 Å². The van der Waals surface area contributed by atoms with Gasteiger partial charge in [0.15, 0.2) is 0 Å². The van der Waals surface area contributed by atoms with E-state index in [-0.39, 0.29) is 69.1 Å². The maximum atomic E-state index is 13.4. The van der Waals surface area contributed by atoms with E-state index >= 15 is 0 Å². The van der Waals surface area contributed by atoms with Crippen LogP contribution in [0.15, 0.2) is 24.3 Å². The second kappa shape index (κ2) is 9.36. The first-order valence-corrected chi connectivity index (χ1v) is 13.2. The van der Waals surface area contributed by atoms with E-state index in [9.17, 15) is 30.0 Å². The van der Waals surface area contributed by atoms with Gasteiger partial charge in [-0.25, -0.2) is 0 Å². The fourth-order valence-corrected chi connectivity index (χ4v) is 7.17. The van der Waals surface area contributed by atoms with Gasteiger partial charge in [-0.3, -0.25) is 0 Å². The summed E-state index contributed by atoms with van der Waals surface area (Å²) in [6.45, 7) is 1.83. The molecule has 0 amide bonds. The molecule has 3 aliphatic rings. The first kappa shape index (κ1) is 24.5. The molecule has 8 heteroatoms. The summed E-state index contributed by atoms with van der Waals surface area (Å²) >= 11 is 2.50. The Balaban J connectivity index is 1.61. The van der Waals surface area contributed by atoms with Crippen LogP contribution in [0.4, 0.5) is 0 Å². The van der Waals surface area contributed by atoms with Gasteiger partial charge in [-0.05, 0) is 0 Å². The molecule has 5 rings (SSSR count). The van der Waals surface area contributed by atoms with Crippen molar-refractivity contribution in [2.24, 2.45) is 5.92 Å². The SMILES string of the molecule is C[C@H]1O[C@@H](CC2CC(CCO)Cc3c(O)c4c(c(O)c32)C(=O)c2ccccc2C4=O)C[C@H]([As])[C@H]1O. The number of carbonyl (C=O) groups is 2. The Labute approximate surface area is 212 Å². The van der Waals surface area contributed by atoms with Crippen LogP contribution in [-0.4, -0.2) is 73.8 Å². The number of benzene rings is 2. The first-order chi connectivity index (χ1) is 16.7. The standard InChI is InChI=1S/C27H29AsO7/c1-12-23(30)19(28)11-15(35-12)10-14-8-13(6-7-29)9-18-20(14)27(34)22-21(26(18)33)24(31)16-4-2-3-5-17(16)25(22)32/h2-5,12-15,19,23,29-30,33-34H,6-11H2,1H3/t12-,13?,14?,15+,19+,23+/m1/s1. The number of aliphatic hydroxyl groups excluding tert-OH is 2. The van der Waals surface area contributed by atoms with Crippen molar-refractivity contribution in [3.05, 3.63) is 57.6 Å². The Kier molecular flexibility index (Phi) is 6.56. The second-order valence-corrected chi connectivity index (χ2v) is 11.4. The van der Waals surface area contributed by atoms with E-state index in [2.05, 4.69) is 16.9 Å². The van der Waals surface area contributed by atoms with Crippen molar-refractivity contribution in [2.75, 3.05) is 6.61 Å². The van der Waals surface area contributed by atoms with Crippen LogP contribution in [0, 0.1) is 5.92 Å². The van der Waals surface area contributed by atoms with Crippen molar-refractivity contribution in [1.29, 1.82) is 0 Å². The topological polar surface area (TPSA) is 124 Å². The van der Waals surface area contributed by atoms with Gasteiger partial charge in [0.1, 0.15) is 0 Å². The predicted molar refractivity (Wildman–Crippen MR) is 128 cm³/mol. The average molecular weight is 540 g/mol. The fraction of sp³-hybridized carbons (Fsp3) is 0.481. The van der Waals surface area contributed by atoms with Crippen LogP contribution in [0.25, 0.3) is 0 Å². The zero-order valence-electron chi connectivity index (χ0n) is 19.5. The van der Waals surface area contributed by atoms with Gasteiger partial charge in [-0.1, -0.05) is 6.07 Å². The third kappa shape index (κ3) is 4.03. The molecule has 6 atom stereocenters. The molecule has 2 unspecified atom stereocenters. The molecule has 2 aliphatic carbocycles. The number of ether oxygens (including phenoxy) is 1. The molecule has 1 aliphatic heterocycles. The molecule has 1 saturated heterocycles. The molecule has 2 aromatic rings. The predicted octanol–water partition coefficient (Wildman–Crippen LogP) is 2.79. The van der Waals surface area contributed by atoms with E-state index in [1.807, 2.05) is 6.92 Å². The number of hydrogen-bond donors (Lipinski definition) is 4. The minimum atomic E-state index is -0.569. The van der Waals surface area contributed by atoms with Crippen molar-refractivity contribution in [3.8, 4) is 11.5 Å². The quantitative estimate of drug-likeness (QED) is 0.296. The number of carbonyl (C=O) groups excluding carboxylic acids is 2. The van der Waals surface area contributed by atoms with E-state index < -0.39 is 17.7 Å². The summed E-state index contributed by atoms with van der Waals surface area (Å²) in [4.78, 5) is 26.7. The van der Waals surface area contributed by atoms with Gasteiger partial charge >= 0.3 is 207 Å². The number of hydrogen-bond acceptors (Lipinski definition) is 7. The summed E-state index contributed by atoms with van der Waals surface area (Å²) in [6, 6.07) is 6.45. The molecule has 0 bridgehead atoms. The summed E-state index contributed by atoms with van der Waals surface area (Å²) in [7, 11) is 0. The molecular weight excluding hydrogens is 511 g/mol. The number of phenols is 2. The number of ketones is 2. The van der Waals surface area contributed by atoms with Crippen LogP contribution >= 0.6 is 0 Å². The van der Waals surface area contributed by atoms with Gasteiger partial charge in [0, 0.05) is 0 Å². The number of fused-ring (bicyclic) bond motifs is 3. The Morgan fingerprint density at radius 3 is 2.26 bits per heavy atom. The first-order valence-electron chi connectivity index (χ1n) is 12.1. The molecule has 1 fully saturated rings. The van der Waals surface area contributed by atoms with Gasteiger partial charge in [-0.2, -0.15) is 0 Å². The molecule has 35 heavy (non-hydrogen) atoms. The second-order valence-electron chi connectivity index (χ2n) is 10.1. The Hall–Kier alpha value is -2.18. The zero-order chi connectivity index (χ0) is 25.0. The van der Waals surface area contributed by atoms with Crippen molar-refractivity contribution >= 4 is 28.4 Å². The average Bonchev–Trinajstić information content (AvgIpc) is 2.83. The normalized spacial score (nSPS) is 29.9. The molecule has 7 nitrogen and oxygen atoms in total. The summed E-state index contributed by atoms with van der Waals surface area (Å²) in [5.41, 5.74) is 1.15. The van der Waals surface area contributed by atoms with Crippen LogP contribution in [-0.2, 0) is 11.2 Å². The van der Waals surface area contributed by atoms with E-state index in [1.54, 1.807) is 24.3 Å². The van der Waals surface area contributed by atoms with E-state index in [4.69, 9.17) is 4.74 Å². The zero-order valence-corrected chi connectivity index (χ0v) is 21.4. The van der Waals surface area contributed by atoms with Crippen LogP contribution in [0.5, 0.6) is 11.5 Å². The molecule has 0 saturated carbocycles. The Morgan fingerprint density at radius 1 is 1.03 bits per heavy atom. The molecule has 0 aromatic heterocycles. The summed E-state index contributed by atoms with van der Waals surface area (Å²) in [5, 5.41) is 42.7. The minimum absolute atomic E-state index is 0.00576. The maximum absolute atomic E-state index is 13.4.